The molecule has 0 aliphatic carbocycles. The highest BCUT2D eigenvalue weighted by Gasteiger charge is 2.23. The summed E-state index contributed by atoms with van der Waals surface area (Å²) in [7, 11) is 0. The minimum Gasteiger partial charge on any atom is -0.487 e. The Morgan fingerprint density at radius 3 is 2.58 bits per heavy atom. The van der Waals surface area contributed by atoms with Crippen molar-refractivity contribution < 1.29 is 13.5 Å². The molecule has 1 N–H and O–H groups in total. The third-order valence-corrected chi connectivity index (χ3v) is 8.08. The van der Waals surface area contributed by atoms with Gasteiger partial charge in [0.15, 0.2) is 0 Å². The summed E-state index contributed by atoms with van der Waals surface area (Å²) < 4.78 is 25.8. The van der Waals surface area contributed by atoms with E-state index < -0.39 is 0 Å². The van der Waals surface area contributed by atoms with Gasteiger partial charge in [0.05, 0.1) is 16.6 Å². The molecular weight excluding hydrogens is 583 g/mol. The van der Waals surface area contributed by atoms with E-state index in [9.17, 15) is 4.39 Å². The number of anilines is 2. The predicted octanol–water partition coefficient (Wildman–Crippen LogP) is 9.53. The first-order valence-corrected chi connectivity index (χ1v) is 16.3. The number of aromatic nitrogens is 2. The Kier molecular flexibility index (Phi) is 10.6. The molecule has 0 saturated heterocycles. The quantitative estimate of drug-likeness (QED) is 0.133. The molecule has 43 heavy (non-hydrogen) atoms. The third kappa shape index (κ3) is 7.68. The van der Waals surface area contributed by atoms with Gasteiger partial charge in [-0.2, -0.15) is 11.8 Å². The van der Waals surface area contributed by atoms with Crippen LogP contribution in [0, 0.1) is 5.82 Å². The second-order valence-electron chi connectivity index (χ2n) is 10.4. The van der Waals surface area contributed by atoms with E-state index in [-0.39, 0.29) is 18.5 Å². The van der Waals surface area contributed by atoms with E-state index in [0.717, 1.165) is 70.9 Å². The number of furan rings is 1. The first-order chi connectivity index (χ1) is 21.0. The first kappa shape index (κ1) is 30.9. The van der Waals surface area contributed by atoms with Crippen LogP contribution in [-0.4, -0.2) is 40.0 Å². The molecule has 5 rings (SSSR count). The number of nitrogens with zero attached hydrogens (tertiary/aromatic N) is 3. The second kappa shape index (κ2) is 14.7. The van der Waals surface area contributed by atoms with Crippen molar-refractivity contribution in [1.29, 1.82) is 0 Å². The molecule has 0 radical (unpaired) electrons. The number of hydrogen-bond acceptors (Lipinski definition) is 7. The van der Waals surface area contributed by atoms with Gasteiger partial charge in [-0.05, 0) is 98.4 Å². The smallest absolute Gasteiger partial charge is 0.141 e. The summed E-state index contributed by atoms with van der Waals surface area (Å²) in [6.45, 7) is 6.75. The SMILES string of the molecule is CCCN(CCC)[C@H](CSC)c1ccc(-c2ccc3ncnc(Nc4ccc(OCc5cccc(F)c5)c(Cl)c4)c3c2)o1. The minimum atomic E-state index is -0.301. The molecule has 2 heterocycles. The second-order valence-corrected chi connectivity index (χ2v) is 11.7. The lowest BCUT2D eigenvalue weighted by atomic mass is 10.1. The summed E-state index contributed by atoms with van der Waals surface area (Å²) in [5.74, 6) is 3.64. The highest BCUT2D eigenvalue weighted by atomic mass is 35.5. The molecule has 9 heteroatoms. The van der Waals surface area contributed by atoms with Crippen LogP contribution in [0.5, 0.6) is 5.75 Å². The van der Waals surface area contributed by atoms with Crippen LogP contribution in [0.3, 0.4) is 0 Å². The van der Waals surface area contributed by atoms with Crippen LogP contribution in [0.4, 0.5) is 15.9 Å². The van der Waals surface area contributed by atoms with E-state index in [4.69, 9.17) is 20.8 Å². The highest BCUT2D eigenvalue weighted by molar-refractivity contribution is 7.98. The van der Waals surface area contributed by atoms with E-state index >= 15 is 0 Å². The van der Waals surface area contributed by atoms with Gasteiger partial charge >= 0.3 is 0 Å². The summed E-state index contributed by atoms with van der Waals surface area (Å²) in [5.41, 5.74) is 3.24. The van der Waals surface area contributed by atoms with E-state index in [1.54, 1.807) is 24.3 Å². The zero-order valence-corrected chi connectivity index (χ0v) is 26.2. The van der Waals surface area contributed by atoms with Crippen molar-refractivity contribution in [2.24, 2.45) is 0 Å². The summed E-state index contributed by atoms with van der Waals surface area (Å²) in [5, 5.41) is 4.67. The van der Waals surface area contributed by atoms with Gasteiger partial charge in [0.25, 0.3) is 0 Å². The van der Waals surface area contributed by atoms with Crippen molar-refractivity contribution >= 4 is 45.8 Å². The molecule has 0 saturated carbocycles. The van der Waals surface area contributed by atoms with Gasteiger partial charge in [0.1, 0.15) is 41.8 Å². The van der Waals surface area contributed by atoms with Crippen LogP contribution in [0.2, 0.25) is 5.02 Å². The average Bonchev–Trinajstić information content (AvgIpc) is 3.49. The molecule has 0 aliphatic rings. The number of nitrogens with one attached hydrogen (secondary N) is 1. The van der Waals surface area contributed by atoms with E-state index in [1.165, 1.54) is 18.5 Å². The van der Waals surface area contributed by atoms with Crippen molar-refractivity contribution in [1.82, 2.24) is 14.9 Å². The van der Waals surface area contributed by atoms with Crippen molar-refractivity contribution in [2.45, 2.75) is 39.3 Å². The molecule has 5 aromatic rings. The molecule has 0 aliphatic heterocycles. The average molecular weight is 619 g/mol. The molecule has 0 bridgehead atoms. The normalized spacial score (nSPS) is 12.1. The lowest BCUT2D eigenvalue weighted by Crippen LogP contribution is -2.31. The van der Waals surface area contributed by atoms with Crippen LogP contribution in [-0.2, 0) is 6.61 Å². The zero-order valence-electron chi connectivity index (χ0n) is 24.6. The van der Waals surface area contributed by atoms with Gasteiger partial charge in [-0.15, -0.1) is 0 Å². The van der Waals surface area contributed by atoms with Crippen LogP contribution >= 0.6 is 23.4 Å². The topological polar surface area (TPSA) is 63.4 Å². The molecule has 0 unspecified atom stereocenters. The van der Waals surface area contributed by atoms with Gasteiger partial charge in [-0.25, -0.2) is 14.4 Å². The maximum Gasteiger partial charge on any atom is 0.141 e. The van der Waals surface area contributed by atoms with Crippen LogP contribution in [0.1, 0.15) is 44.1 Å². The van der Waals surface area contributed by atoms with Crippen LogP contribution in [0.25, 0.3) is 22.2 Å². The van der Waals surface area contributed by atoms with Gasteiger partial charge < -0.3 is 14.5 Å². The maximum atomic E-state index is 13.5. The van der Waals surface area contributed by atoms with Crippen LogP contribution < -0.4 is 10.1 Å². The summed E-state index contributed by atoms with van der Waals surface area (Å²) in [6.07, 6.45) is 5.89. The van der Waals surface area contributed by atoms with Gasteiger partial charge in [0, 0.05) is 22.4 Å². The van der Waals surface area contributed by atoms with Crippen molar-refractivity contribution in [3.8, 4) is 17.1 Å². The lowest BCUT2D eigenvalue weighted by molar-refractivity contribution is 0.193. The Morgan fingerprint density at radius 1 is 1.00 bits per heavy atom. The Morgan fingerprint density at radius 2 is 1.84 bits per heavy atom. The fourth-order valence-corrected chi connectivity index (χ4v) is 6.07. The summed E-state index contributed by atoms with van der Waals surface area (Å²) >= 11 is 8.38. The highest BCUT2D eigenvalue weighted by Crippen LogP contribution is 2.34. The van der Waals surface area contributed by atoms with E-state index in [1.807, 2.05) is 30.0 Å². The molecular formula is C34H36ClFN4O2S. The summed E-state index contributed by atoms with van der Waals surface area (Å²) in [4.78, 5) is 11.5. The molecule has 0 fully saturated rings. The van der Waals surface area contributed by atoms with Crippen molar-refractivity contribution in [2.75, 3.05) is 30.4 Å². The van der Waals surface area contributed by atoms with E-state index in [0.29, 0.717) is 16.6 Å². The number of fused-ring (bicyclic) bond motifs is 1. The molecule has 1 atom stereocenters. The molecule has 3 aromatic carbocycles. The Balaban J connectivity index is 1.36. The fourth-order valence-electron chi connectivity index (χ4n) is 5.14. The molecule has 6 nitrogen and oxygen atoms in total. The van der Waals surface area contributed by atoms with Crippen molar-refractivity contribution in [3.63, 3.8) is 0 Å². The number of thioether (sulfide) groups is 1. The number of halogens is 2. The standard InChI is InChI=1S/C34H36ClFN4O2S/c1-4-15-40(16-5-2)30(21-43-3)33-14-13-31(42-33)24-9-11-29-27(18-24)34(38-22-37-29)39-26-10-12-32(28(35)19-26)41-20-23-7-6-8-25(36)17-23/h6-14,17-19,22,30H,4-5,15-16,20-21H2,1-3H3,(H,37,38,39)/t30-/m1/s1. The number of rotatable bonds is 14. The largest absolute Gasteiger partial charge is 0.487 e. The Hall–Kier alpha value is -3.59. The zero-order chi connectivity index (χ0) is 30.2. The van der Waals surface area contributed by atoms with E-state index in [2.05, 4.69) is 58.5 Å². The summed E-state index contributed by atoms with van der Waals surface area (Å²) in [6, 6.07) is 22.2. The van der Waals surface area contributed by atoms with Crippen LogP contribution in [0.15, 0.2) is 83.5 Å². The predicted molar refractivity (Wildman–Crippen MR) is 176 cm³/mol. The van der Waals surface area contributed by atoms with Gasteiger partial charge in [-0.3, -0.25) is 4.90 Å². The number of hydrogen-bond donors (Lipinski definition) is 1. The van der Waals surface area contributed by atoms with Gasteiger partial charge in [-0.1, -0.05) is 37.6 Å². The lowest BCUT2D eigenvalue weighted by Gasteiger charge is -2.29. The molecule has 0 spiro atoms. The molecule has 2 aromatic heterocycles. The minimum absolute atomic E-state index is 0.214. The maximum absolute atomic E-state index is 13.5. The third-order valence-electron chi connectivity index (χ3n) is 7.14. The van der Waals surface area contributed by atoms with Gasteiger partial charge in [0.2, 0.25) is 0 Å². The molecule has 224 valence electrons. The first-order valence-electron chi connectivity index (χ1n) is 14.5. The number of benzene rings is 3. The Labute approximate surface area is 261 Å². The number of ether oxygens (including phenoxy) is 1. The van der Waals surface area contributed by atoms with Crippen molar-refractivity contribution in [3.05, 3.63) is 101 Å². The Bertz CT molecular complexity index is 1660. The monoisotopic (exact) mass is 618 g/mol. The fraction of sp³-hybridized carbons (Fsp3) is 0.294. The molecule has 0 amide bonds.